The highest BCUT2D eigenvalue weighted by atomic mass is 35.5. The third-order valence-electron chi connectivity index (χ3n) is 5.46. The Balaban J connectivity index is 1.67. The second-order valence-electron chi connectivity index (χ2n) is 7.51. The molecule has 1 amide bonds. The lowest BCUT2D eigenvalue weighted by Gasteiger charge is -2.26. The van der Waals surface area contributed by atoms with Gasteiger partial charge in [-0.15, -0.1) is 0 Å². The first-order valence-corrected chi connectivity index (χ1v) is 13.0. The van der Waals surface area contributed by atoms with Crippen LogP contribution in [0.25, 0.3) is 10.2 Å². The maximum atomic E-state index is 12.9. The summed E-state index contributed by atoms with van der Waals surface area (Å²) in [7, 11) is -2.01. The molecule has 4 rings (SSSR count). The third-order valence-corrected chi connectivity index (χ3v) is 8.82. The van der Waals surface area contributed by atoms with Crippen LogP contribution >= 0.6 is 22.9 Å². The van der Waals surface area contributed by atoms with E-state index in [1.807, 2.05) is 23.6 Å². The standard InChI is InChI=1S/C22H24ClN3O5S2/c1-15-18(23)7-8-19-20(15)26(11-12-30-2)22(32-19)24-21(27)16-3-5-17(6-4-16)33(28,29)25-9-13-31-14-10-25/h3-8H,9-14H2,1-2H3. The number of aromatic nitrogens is 1. The zero-order valence-electron chi connectivity index (χ0n) is 18.3. The number of carbonyl (C=O) groups is 1. The largest absolute Gasteiger partial charge is 0.383 e. The molecule has 1 fully saturated rings. The summed E-state index contributed by atoms with van der Waals surface area (Å²) in [5.41, 5.74) is 2.14. The zero-order chi connectivity index (χ0) is 23.6. The Morgan fingerprint density at radius 2 is 1.88 bits per heavy atom. The van der Waals surface area contributed by atoms with Crippen molar-refractivity contribution in [2.75, 3.05) is 40.0 Å². The molecule has 0 saturated carbocycles. The summed E-state index contributed by atoms with van der Waals surface area (Å²) < 4.78 is 40.3. The molecule has 1 aliphatic heterocycles. The number of aryl methyl sites for hydroxylation is 1. The summed E-state index contributed by atoms with van der Waals surface area (Å²) in [5, 5.41) is 0.640. The number of methoxy groups -OCH3 is 1. The fraction of sp³-hybridized carbons (Fsp3) is 0.364. The van der Waals surface area contributed by atoms with E-state index in [-0.39, 0.29) is 4.90 Å². The molecule has 0 N–H and O–H groups in total. The van der Waals surface area contributed by atoms with Crippen molar-refractivity contribution < 1.29 is 22.7 Å². The van der Waals surface area contributed by atoms with Crippen LogP contribution in [0.5, 0.6) is 0 Å². The molecule has 0 atom stereocenters. The lowest BCUT2D eigenvalue weighted by molar-refractivity contribution is 0.0730. The number of hydrogen-bond donors (Lipinski definition) is 0. The molecular formula is C22H24ClN3O5S2. The van der Waals surface area contributed by atoms with E-state index in [2.05, 4.69) is 4.99 Å². The summed E-state index contributed by atoms with van der Waals surface area (Å²) in [4.78, 5) is 17.9. The van der Waals surface area contributed by atoms with E-state index in [0.29, 0.717) is 54.8 Å². The second-order valence-corrected chi connectivity index (χ2v) is 10.9. The van der Waals surface area contributed by atoms with Crippen molar-refractivity contribution >= 4 is 49.1 Å². The van der Waals surface area contributed by atoms with Gasteiger partial charge in [-0.1, -0.05) is 22.9 Å². The third kappa shape index (κ3) is 4.91. The average Bonchev–Trinajstić information content (AvgIpc) is 3.18. The molecule has 1 saturated heterocycles. The van der Waals surface area contributed by atoms with E-state index in [9.17, 15) is 13.2 Å². The first-order chi connectivity index (χ1) is 15.8. The summed E-state index contributed by atoms with van der Waals surface area (Å²) in [5.74, 6) is -0.452. The fourth-order valence-corrected chi connectivity index (χ4v) is 6.32. The molecule has 1 aromatic heterocycles. The molecule has 0 unspecified atom stereocenters. The van der Waals surface area contributed by atoms with Crippen LogP contribution in [0.2, 0.25) is 5.02 Å². The highest BCUT2D eigenvalue weighted by Gasteiger charge is 2.26. The molecule has 33 heavy (non-hydrogen) atoms. The Morgan fingerprint density at radius 3 is 2.55 bits per heavy atom. The van der Waals surface area contributed by atoms with Gasteiger partial charge in [0, 0.05) is 37.3 Å². The Morgan fingerprint density at radius 1 is 1.18 bits per heavy atom. The van der Waals surface area contributed by atoms with Crippen molar-refractivity contribution in [2.24, 2.45) is 4.99 Å². The van der Waals surface area contributed by atoms with E-state index < -0.39 is 15.9 Å². The summed E-state index contributed by atoms with van der Waals surface area (Å²) in [6.07, 6.45) is 0. The molecule has 1 aliphatic rings. The number of fused-ring (bicyclic) bond motifs is 1. The average molecular weight is 510 g/mol. The number of hydrogen-bond acceptors (Lipinski definition) is 6. The van der Waals surface area contributed by atoms with Gasteiger partial charge in [0.05, 0.1) is 34.9 Å². The van der Waals surface area contributed by atoms with Gasteiger partial charge in [-0.05, 0) is 48.9 Å². The lowest BCUT2D eigenvalue weighted by atomic mass is 10.2. The number of ether oxygens (including phenoxy) is 2. The Bertz CT molecular complexity index is 1340. The smallest absolute Gasteiger partial charge is 0.279 e. The van der Waals surface area contributed by atoms with Crippen molar-refractivity contribution in [3.63, 3.8) is 0 Å². The minimum atomic E-state index is -3.62. The maximum absolute atomic E-state index is 12.9. The van der Waals surface area contributed by atoms with Crippen LogP contribution in [0.3, 0.4) is 0 Å². The molecule has 3 aromatic rings. The van der Waals surface area contributed by atoms with Gasteiger partial charge in [-0.3, -0.25) is 4.79 Å². The number of morpholine rings is 1. The highest BCUT2D eigenvalue weighted by Crippen LogP contribution is 2.27. The first kappa shape index (κ1) is 24.1. The Labute approximate surface area is 201 Å². The van der Waals surface area contributed by atoms with Gasteiger partial charge < -0.3 is 14.0 Å². The topological polar surface area (TPSA) is 90.2 Å². The zero-order valence-corrected chi connectivity index (χ0v) is 20.7. The summed E-state index contributed by atoms with van der Waals surface area (Å²) >= 11 is 7.71. The molecular weight excluding hydrogens is 486 g/mol. The van der Waals surface area contributed by atoms with E-state index in [1.54, 1.807) is 7.11 Å². The van der Waals surface area contributed by atoms with Crippen molar-refractivity contribution in [2.45, 2.75) is 18.4 Å². The Hall–Kier alpha value is -2.08. The van der Waals surface area contributed by atoms with Gasteiger partial charge in [-0.25, -0.2) is 8.42 Å². The maximum Gasteiger partial charge on any atom is 0.279 e. The van der Waals surface area contributed by atoms with Crippen molar-refractivity contribution in [1.29, 1.82) is 0 Å². The van der Waals surface area contributed by atoms with Crippen molar-refractivity contribution in [3.8, 4) is 0 Å². The normalized spacial score (nSPS) is 15.9. The van der Waals surface area contributed by atoms with Crippen LogP contribution in [0.4, 0.5) is 0 Å². The molecule has 8 nitrogen and oxygen atoms in total. The molecule has 176 valence electrons. The molecule has 0 aliphatic carbocycles. The van der Waals surface area contributed by atoms with Crippen LogP contribution in [-0.4, -0.2) is 63.2 Å². The summed E-state index contributed by atoms with van der Waals surface area (Å²) in [6.45, 7) is 4.27. The number of benzene rings is 2. The number of carbonyl (C=O) groups excluding carboxylic acids is 1. The first-order valence-electron chi connectivity index (χ1n) is 10.4. The summed E-state index contributed by atoms with van der Waals surface area (Å²) in [6, 6.07) is 9.62. The minimum Gasteiger partial charge on any atom is -0.383 e. The lowest BCUT2D eigenvalue weighted by Crippen LogP contribution is -2.40. The van der Waals surface area contributed by atoms with Gasteiger partial charge in [0.2, 0.25) is 10.0 Å². The molecule has 11 heteroatoms. The second kappa shape index (κ2) is 10.0. The minimum absolute atomic E-state index is 0.142. The van der Waals surface area contributed by atoms with Gasteiger partial charge in [-0.2, -0.15) is 9.30 Å². The molecule has 0 bridgehead atoms. The van der Waals surface area contributed by atoms with E-state index in [1.165, 1.54) is 39.9 Å². The number of rotatable bonds is 6. The molecule has 0 radical (unpaired) electrons. The number of halogens is 1. The molecule has 2 aromatic carbocycles. The molecule has 2 heterocycles. The predicted octanol–water partition coefficient (Wildman–Crippen LogP) is 3.07. The number of amides is 1. The van der Waals surface area contributed by atoms with E-state index >= 15 is 0 Å². The monoisotopic (exact) mass is 509 g/mol. The quantitative estimate of drug-likeness (QED) is 0.509. The fourth-order valence-electron chi connectivity index (χ4n) is 3.65. The van der Waals surface area contributed by atoms with Gasteiger partial charge in [0.1, 0.15) is 0 Å². The van der Waals surface area contributed by atoms with Crippen molar-refractivity contribution in [3.05, 3.63) is 57.3 Å². The van der Waals surface area contributed by atoms with E-state index in [0.717, 1.165) is 15.8 Å². The van der Waals surface area contributed by atoms with Crippen molar-refractivity contribution in [1.82, 2.24) is 8.87 Å². The van der Waals surface area contributed by atoms with E-state index in [4.69, 9.17) is 21.1 Å². The number of thiazole rings is 1. The SMILES string of the molecule is COCCn1c(=NC(=O)c2ccc(S(=O)(=O)N3CCOCC3)cc2)sc2ccc(Cl)c(C)c21. The Kier molecular flexibility index (Phi) is 7.32. The highest BCUT2D eigenvalue weighted by molar-refractivity contribution is 7.89. The number of nitrogens with zero attached hydrogens (tertiary/aromatic N) is 3. The molecule has 0 spiro atoms. The van der Waals surface area contributed by atoms with Gasteiger partial charge >= 0.3 is 0 Å². The van der Waals surface area contributed by atoms with Gasteiger partial charge in [0.25, 0.3) is 5.91 Å². The van der Waals surface area contributed by atoms with Crippen LogP contribution < -0.4 is 4.80 Å². The van der Waals surface area contributed by atoms with Crippen LogP contribution in [0.1, 0.15) is 15.9 Å². The number of sulfonamides is 1. The van der Waals surface area contributed by atoms with Crippen LogP contribution in [0.15, 0.2) is 46.3 Å². The van der Waals surface area contributed by atoms with Crippen LogP contribution in [0, 0.1) is 6.92 Å². The predicted molar refractivity (Wildman–Crippen MR) is 127 cm³/mol. The van der Waals surface area contributed by atoms with Gasteiger partial charge in [0.15, 0.2) is 4.80 Å². The van der Waals surface area contributed by atoms with Crippen LogP contribution in [-0.2, 0) is 26.0 Å².